The molecule has 1 aliphatic rings. The molecule has 1 fully saturated rings. The summed E-state index contributed by atoms with van der Waals surface area (Å²) in [5.41, 5.74) is 1.18. The quantitative estimate of drug-likeness (QED) is 0.395. The SMILES string of the molecule is CCNC(=NCCCN1CCN(c2ncccn2)CC1)N(C)Cc1cccc(Cl)c1. The molecular formula is C22H32ClN7. The van der Waals surface area contributed by atoms with Gasteiger partial charge in [-0.05, 0) is 37.1 Å². The van der Waals surface area contributed by atoms with Crippen LogP contribution in [-0.2, 0) is 6.54 Å². The Labute approximate surface area is 184 Å². The van der Waals surface area contributed by atoms with Crippen molar-refractivity contribution in [2.45, 2.75) is 19.9 Å². The number of halogens is 1. The summed E-state index contributed by atoms with van der Waals surface area (Å²) in [6.45, 7) is 9.61. The lowest BCUT2D eigenvalue weighted by Crippen LogP contribution is -2.47. The summed E-state index contributed by atoms with van der Waals surface area (Å²) in [5.74, 6) is 1.77. The minimum absolute atomic E-state index is 0.766. The Kier molecular flexibility index (Phi) is 8.71. The third-order valence-electron chi connectivity index (χ3n) is 5.11. The van der Waals surface area contributed by atoms with Crippen LogP contribution in [0.3, 0.4) is 0 Å². The van der Waals surface area contributed by atoms with Gasteiger partial charge < -0.3 is 15.1 Å². The van der Waals surface area contributed by atoms with Gasteiger partial charge in [0, 0.05) is 76.8 Å². The zero-order valence-corrected chi connectivity index (χ0v) is 18.7. The molecule has 7 nitrogen and oxygen atoms in total. The molecular weight excluding hydrogens is 398 g/mol. The summed E-state index contributed by atoms with van der Waals surface area (Å²) in [5, 5.41) is 4.15. The molecule has 0 bridgehead atoms. The van der Waals surface area contributed by atoms with Crippen molar-refractivity contribution in [2.24, 2.45) is 4.99 Å². The standard InChI is InChI=1S/C22H32ClN7/c1-3-24-21(28(2)18-19-7-4-8-20(23)17-19)25-11-6-12-29-13-15-30(16-14-29)22-26-9-5-10-27-22/h4-5,7-10,17H,3,6,11-16,18H2,1-2H3,(H,24,25). The molecule has 162 valence electrons. The van der Waals surface area contributed by atoms with Crippen LogP contribution in [0.15, 0.2) is 47.7 Å². The number of piperazine rings is 1. The molecule has 1 aromatic heterocycles. The van der Waals surface area contributed by atoms with Crippen LogP contribution in [0.4, 0.5) is 5.95 Å². The van der Waals surface area contributed by atoms with Crippen LogP contribution in [0.2, 0.25) is 5.02 Å². The van der Waals surface area contributed by atoms with E-state index in [0.717, 1.165) is 75.7 Å². The lowest BCUT2D eigenvalue weighted by molar-refractivity contribution is 0.255. The Morgan fingerprint density at radius 1 is 1.17 bits per heavy atom. The lowest BCUT2D eigenvalue weighted by Gasteiger charge is -2.34. The van der Waals surface area contributed by atoms with E-state index >= 15 is 0 Å². The van der Waals surface area contributed by atoms with Crippen LogP contribution >= 0.6 is 11.6 Å². The van der Waals surface area contributed by atoms with Gasteiger partial charge in [-0.15, -0.1) is 0 Å². The predicted octanol–water partition coefficient (Wildman–Crippen LogP) is 2.74. The monoisotopic (exact) mass is 429 g/mol. The summed E-state index contributed by atoms with van der Waals surface area (Å²) in [4.78, 5) is 20.4. The molecule has 0 unspecified atom stereocenters. The van der Waals surface area contributed by atoms with Crippen LogP contribution in [0, 0.1) is 0 Å². The van der Waals surface area contributed by atoms with Crippen molar-refractivity contribution in [3.05, 3.63) is 53.3 Å². The minimum Gasteiger partial charge on any atom is -0.357 e. The van der Waals surface area contributed by atoms with Crippen LogP contribution in [-0.4, -0.2) is 78.6 Å². The average molecular weight is 430 g/mol. The molecule has 30 heavy (non-hydrogen) atoms. The Bertz CT molecular complexity index is 791. The maximum atomic E-state index is 6.11. The Morgan fingerprint density at radius 2 is 1.93 bits per heavy atom. The Morgan fingerprint density at radius 3 is 2.63 bits per heavy atom. The maximum Gasteiger partial charge on any atom is 0.225 e. The molecule has 2 heterocycles. The van der Waals surface area contributed by atoms with E-state index in [4.69, 9.17) is 16.6 Å². The zero-order chi connectivity index (χ0) is 21.2. The molecule has 0 aliphatic carbocycles. The number of aromatic nitrogens is 2. The van der Waals surface area contributed by atoms with E-state index in [1.807, 2.05) is 24.3 Å². The number of hydrogen-bond acceptors (Lipinski definition) is 5. The number of guanidine groups is 1. The van der Waals surface area contributed by atoms with Crippen molar-refractivity contribution in [3.63, 3.8) is 0 Å². The highest BCUT2D eigenvalue weighted by atomic mass is 35.5. The fraction of sp³-hybridized carbons (Fsp3) is 0.500. The number of benzene rings is 1. The predicted molar refractivity (Wildman–Crippen MR) is 124 cm³/mol. The van der Waals surface area contributed by atoms with Crippen molar-refractivity contribution in [2.75, 3.05) is 57.8 Å². The van der Waals surface area contributed by atoms with Gasteiger partial charge in [-0.3, -0.25) is 9.89 Å². The van der Waals surface area contributed by atoms with Crippen molar-refractivity contribution in [1.82, 2.24) is 25.1 Å². The van der Waals surface area contributed by atoms with Crippen molar-refractivity contribution < 1.29 is 0 Å². The van der Waals surface area contributed by atoms with E-state index in [9.17, 15) is 0 Å². The fourth-order valence-electron chi connectivity index (χ4n) is 3.56. The van der Waals surface area contributed by atoms with E-state index in [1.165, 1.54) is 5.56 Å². The van der Waals surface area contributed by atoms with Crippen LogP contribution in [0.5, 0.6) is 0 Å². The number of hydrogen-bond donors (Lipinski definition) is 1. The molecule has 3 rings (SSSR count). The highest BCUT2D eigenvalue weighted by Gasteiger charge is 2.18. The highest BCUT2D eigenvalue weighted by molar-refractivity contribution is 6.30. The Balaban J connectivity index is 1.42. The van der Waals surface area contributed by atoms with Crippen LogP contribution in [0.1, 0.15) is 18.9 Å². The molecule has 0 amide bonds. The van der Waals surface area contributed by atoms with Gasteiger partial charge in [0.2, 0.25) is 5.95 Å². The first-order chi connectivity index (χ1) is 14.7. The van der Waals surface area contributed by atoms with E-state index in [-0.39, 0.29) is 0 Å². The largest absolute Gasteiger partial charge is 0.357 e. The van der Waals surface area contributed by atoms with Gasteiger partial charge in [0.15, 0.2) is 5.96 Å². The summed E-state index contributed by atoms with van der Waals surface area (Å²) in [6, 6.07) is 9.83. The zero-order valence-electron chi connectivity index (χ0n) is 18.0. The van der Waals surface area contributed by atoms with Gasteiger partial charge in [-0.1, -0.05) is 23.7 Å². The molecule has 1 aliphatic heterocycles. The molecule has 1 aromatic carbocycles. The van der Waals surface area contributed by atoms with E-state index in [0.29, 0.717) is 0 Å². The Hall–Kier alpha value is -2.38. The first kappa shape index (κ1) is 22.3. The second-order valence-corrected chi connectivity index (χ2v) is 7.89. The molecule has 0 saturated carbocycles. The molecule has 2 aromatic rings. The maximum absolute atomic E-state index is 6.11. The number of aliphatic imine (C=N–C) groups is 1. The second kappa shape index (κ2) is 11.7. The summed E-state index contributed by atoms with van der Waals surface area (Å²) in [7, 11) is 2.06. The van der Waals surface area contributed by atoms with Gasteiger partial charge in [0.25, 0.3) is 0 Å². The lowest BCUT2D eigenvalue weighted by atomic mass is 10.2. The van der Waals surface area contributed by atoms with Crippen LogP contribution < -0.4 is 10.2 Å². The van der Waals surface area contributed by atoms with Gasteiger partial charge in [-0.2, -0.15) is 0 Å². The van der Waals surface area contributed by atoms with E-state index in [2.05, 4.69) is 50.0 Å². The second-order valence-electron chi connectivity index (χ2n) is 7.45. The smallest absolute Gasteiger partial charge is 0.225 e. The number of anilines is 1. The first-order valence-electron chi connectivity index (χ1n) is 10.6. The minimum atomic E-state index is 0.766. The van der Waals surface area contributed by atoms with E-state index in [1.54, 1.807) is 12.4 Å². The molecule has 0 radical (unpaired) electrons. The first-order valence-corrected chi connectivity index (χ1v) is 11.0. The number of rotatable bonds is 8. The average Bonchev–Trinajstić information content (AvgIpc) is 2.77. The van der Waals surface area contributed by atoms with Gasteiger partial charge in [0.1, 0.15) is 0 Å². The number of nitrogens with zero attached hydrogens (tertiary/aromatic N) is 6. The molecule has 0 atom stereocenters. The summed E-state index contributed by atoms with van der Waals surface area (Å²) < 4.78 is 0. The van der Waals surface area contributed by atoms with Gasteiger partial charge >= 0.3 is 0 Å². The normalized spacial score (nSPS) is 15.3. The third kappa shape index (κ3) is 6.85. The molecule has 0 spiro atoms. The van der Waals surface area contributed by atoms with Gasteiger partial charge in [-0.25, -0.2) is 9.97 Å². The highest BCUT2D eigenvalue weighted by Crippen LogP contribution is 2.12. The van der Waals surface area contributed by atoms with Crippen molar-refractivity contribution >= 4 is 23.5 Å². The van der Waals surface area contributed by atoms with Gasteiger partial charge in [0.05, 0.1) is 0 Å². The third-order valence-corrected chi connectivity index (χ3v) is 5.34. The van der Waals surface area contributed by atoms with E-state index < -0.39 is 0 Å². The van der Waals surface area contributed by atoms with Crippen LogP contribution in [0.25, 0.3) is 0 Å². The van der Waals surface area contributed by atoms with Crippen molar-refractivity contribution in [1.29, 1.82) is 0 Å². The topological polar surface area (TPSA) is 59.9 Å². The molecule has 1 saturated heterocycles. The number of nitrogens with one attached hydrogen (secondary N) is 1. The fourth-order valence-corrected chi connectivity index (χ4v) is 3.77. The summed E-state index contributed by atoms with van der Waals surface area (Å²) in [6.07, 6.45) is 4.65. The molecule has 1 N–H and O–H groups in total. The van der Waals surface area contributed by atoms with Crippen molar-refractivity contribution in [3.8, 4) is 0 Å². The molecule has 8 heteroatoms. The summed E-state index contributed by atoms with van der Waals surface area (Å²) >= 11 is 6.11.